The molecule has 0 unspecified atom stereocenters. The maximum Gasteiger partial charge on any atom is 0.201 e. The van der Waals surface area contributed by atoms with E-state index in [0.29, 0.717) is 0 Å². The van der Waals surface area contributed by atoms with E-state index in [2.05, 4.69) is 62.4 Å². The Kier molecular flexibility index (Phi) is 3.25. The van der Waals surface area contributed by atoms with Crippen molar-refractivity contribution < 1.29 is 0 Å². The van der Waals surface area contributed by atoms with Crippen molar-refractivity contribution in [3.05, 3.63) is 58.1 Å². The topological polar surface area (TPSA) is 40.7 Å². The summed E-state index contributed by atoms with van der Waals surface area (Å²) in [6.45, 7) is 2.83. The lowest BCUT2D eigenvalue weighted by molar-refractivity contribution is 1.10. The molecule has 3 nitrogen and oxygen atoms in total. The molecule has 0 fully saturated rings. The number of nitrogens with one attached hydrogen (secondary N) is 2. The van der Waals surface area contributed by atoms with Crippen molar-refractivity contribution in [1.82, 2.24) is 9.97 Å². The van der Waals surface area contributed by atoms with Gasteiger partial charge in [0.2, 0.25) is 5.95 Å². The molecule has 0 aliphatic rings. The number of aromatic amines is 1. The number of hydrogen-bond acceptors (Lipinski definition) is 2. The van der Waals surface area contributed by atoms with Gasteiger partial charge in [0.25, 0.3) is 0 Å². The van der Waals surface area contributed by atoms with Gasteiger partial charge in [0, 0.05) is 11.0 Å². The molecule has 0 radical (unpaired) electrons. The van der Waals surface area contributed by atoms with Crippen LogP contribution in [0.25, 0.3) is 11.0 Å². The number of nitrogens with zero attached hydrogens (tertiary/aromatic N) is 1. The lowest BCUT2D eigenvalue weighted by Crippen LogP contribution is -2.00. The highest BCUT2D eigenvalue weighted by molar-refractivity contribution is 9.10. The monoisotopic (exact) mass is 315 g/mol. The van der Waals surface area contributed by atoms with E-state index in [1.54, 1.807) is 0 Å². The summed E-state index contributed by atoms with van der Waals surface area (Å²) in [4.78, 5) is 7.80. The first kappa shape index (κ1) is 12.2. The quantitative estimate of drug-likeness (QED) is 0.758. The van der Waals surface area contributed by atoms with Crippen molar-refractivity contribution in [1.29, 1.82) is 0 Å². The smallest absolute Gasteiger partial charge is 0.201 e. The van der Waals surface area contributed by atoms with Crippen molar-refractivity contribution in [3.8, 4) is 0 Å². The molecule has 0 spiro atoms. The number of fused-ring (bicyclic) bond motifs is 1. The minimum absolute atomic E-state index is 0.748. The van der Waals surface area contributed by atoms with Gasteiger partial charge in [0.05, 0.1) is 11.0 Å². The van der Waals surface area contributed by atoms with Crippen molar-refractivity contribution in [2.45, 2.75) is 13.5 Å². The van der Waals surface area contributed by atoms with Gasteiger partial charge in [-0.05, 0) is 42.3 Å². The van der Waals surface area contributed by atoms with Gasteiger partial charge >= 0.3 is 0 Å². The van der Waals surface area contributed by atoms with Crippen LogP contribution in [-0.4, -0.2) is 9.97 Å². The van der Waals surface area contributed by atoms with Gasteiger partial charge in [0.1, 0.15) is 0 Å². The Labute approximate surface area is 120 Å². The Morgan fingerprint density at radius 1 is 1.21 bits per heavy atom. The van der Waals surface area contributed by atoms with E-state index in [1.807, 2.05) is 18.2 Å². The summed E-state index contributed by atoms with van der Waals surface area (Å²) in [5, 5.41) is 3.31. The second kappa shape index (κ2) is 5.05. The predicted molar refractivity (Wildman–Crippen MR) is 82.3 cm³/mol. The molecule has 2 N–H and O–H groups in total. The Bertz CT molecular complexity index is 718. The minimum Gasteiger partial charge on any atom is -0.352 e. The molecule has 0 bridgehead atoms. The average Bonchev–Trinajstić information content (AvgIpc) is 2.78. The summed E-state index contributed by atoms with van der Waals surface area (Å²) in [5.41, 5.74) is 4.50. The van der Waals surface area contributed by atoms with Crippen LogP contribution < -0.4 is 5.32 Å². The highest BCUT2D eigenvalue weighted by Gasteiger charge is 2.02. The van der Waals surface area contributed by atoms with Gasteiger partial charge in [-0.2, -0.15) is 0 Å². The first-order chi connectivity index (χ1) is 9.20. The number of aryl methyl sites for hydroxylation is 1. The van der Waals surface area contributed by atoms with Crippen molar-refractivity contribution in [2.24, 2.45) is 0 Å². The second-order valence-electron chi connectivity index (χ2n) is 4.59. The highest BCUT2D eigenvalue weighted by atomic mass is 79.9. The van der Waals surface area contributed by atoms with Crippen LogP contribution in [0.2, 0.25) is 0 Å². The maximum atomic E-state index is 4.51. The summed E-state index contributed by atoms with van der Waals surface area (Å²) < 4.78 is 1.09. The summed E-state index contributed by atoms with van der Waals surface area (Å²) in [7, 11) is 0. The summed E-state index contributed by atoms with van der Waals surface area (Å²) in [6.07, 6.45) is 0. The van der Waals surface area contributed by atoms with Crippen molar-refractivity contribution in [3.63, 3.8) is 0 Å². The first-order valence-corrected chi connectivity index (χ1v) is 6.95. The SMILES string of the molecule is Cc1ccc2nc(NCc3cccc(Br)c3)[nH]c2c1. The standard InChI is InChI=1S/C15H14BrN3/c1-10-5-6-13-14(7-10)19-15(18-13)17-9-11-3-2-4-12(16)8-11/h2-8H,9H2,1H3,(H2,17,18,19). The molecule has 19 heavy (non-hydrogen) atoms. The molecule has 4 heteroatoms. The molecule has 3 aromatic rings. The molecular weight excluding hydrogens is 302 g/mol. The predicted octanol–water partition coefficient (Wildman–Crippen LogP) is 4.25. The van der Waals surface area contributed by atoms with Gasteiger partial charge < -0.3 is 10.3 Å². The van der Waals surface area contributed by atoms with E-state index in [0.717, 1.165) is 28.0 Å². The van der Waals surface area contributed by atoms with E-state index in [-0.39, 0.29) is 0 Å². The lowest BCUT2D eigenvalue weighted by Gasteiger charge is -2.03. The minimum atomic E-state index is 0.748. The number of rotatable bonds is 3. The number of aromatic nitrogens is 2. The Hall–Kier alpha value is -1.81. The second-order valence-corrected chi connectivity index (χ2v) is 5.51. The molecule has 2 aromatic carbocycles. The number of H-pyrrole nitrogens is 1. The largest absolute Gasteiger partial charge is 0.352 e. The number of anilines is 1. The van der Waals surface area contributed by atoms with E-state index < -0.39 is 0 Å². The fourth-order valence-electron chi connectivity index (χ4n) is 2.04. The van der Waals surface area contributed by atoms with Crippen molar-refractivity contribution in [2.75, 3.05) is 5.32 Å². The molecule has 0 saturated heterocycles. The van der Waals surface area contributed by atoms with Crippen LogP contribution in [0, 0.1) is 6.92 Å². The zero-order valence-corrected chi connectivity index (χ0v) is 12.2. The van der Waals surface area contributed by atoms with E-state index in [4.69, 9.17) is 0 Å². The Balaban J connectivity index is 1.78. The van der Waals surface area contributed by atoms with Crippen LogP contribution in [0.15, 0.2) is 46.9 Å². The van der Waals surface area contributed by atoms with Gasteiger partial charge in [-0.1, -0.05) is 34.1 Å². The fourth-order valence-corrected chi connectivity index (χ4v) is 2.49. The first-order valence-electron chi connectivity index (χ1n) is 6.15. The molecule has 3 rings (SSSR count). The molecule has 0 amide bonds. The summed E-state index contributed by atoms with van der Waals surface area (Å²) in [6, 6.07) is 14.4. The molecule has 1 heterocycles. The molecule has 96 valence electrons. The zero-order chi connectivity index (χ0) is 13.2. The molecule has 0 aliphatic heterocycles. The van der Waals surface area contributed by atoms with Crippen LogP contribution in [0.4, 0.5) is 5.95 Å². The average molecular weight is 316 g/mol. The number of imidazole rings is 1. The maximum absolute atomic E-state index is 4.51. The number of hydrogen-bond donors (Lipinski definition) is 2. The van der Waals surface area contributed by atoms with Crippen LogP contribution in [0.3, 0.4) is 0 Å². The van der Waals surface area contributed by atoms with Gasteiger partial charge in [0.15, 0.2) is 0 Å². The highest BCUT2D eigenvalue weighted by Crippen LogP contribution is 2.17. The van der Waals surface area contributed by atoms with E-state index >= 15 is 0 Å². The van der Waals surface area contributed by atoms with Gasteiger partial charge in [-0.3, -0.25) is 0 Å². The van der Waals surface area contributed by atoms with E-state index in [1.165, 1.54) is 11.1 Å². The van der Waals surface area contributed by atoms with Crippen LogP contribution in [0.1, 0.15) is 11.1 Å². The van der Waals surface area contributed by atoms with Gasteiger partial charge in [-0.25, -0.2) is 4.98 Å². The normalized spacial score (nSPS) is 10.8. The molecular formula is C15H14BrN3. The fraction of sp³-hybridized carbons (Fsp3) is 0.133. The number of halogens is 1. The molecule has 1 aromatic heterocycles. The van der Waals surface area contributed by atoms with Crippen LogP contribution in [0.5, 0.6) is 0 Å². The van der Waals surface area contributed by atoms with Crippen LogP contribution >= 0.6 is 15.9 Å². The van der Waals surface area contributed by atoms with Crippen LogP contribution in [-0.2, 0) is 6.54 Å². The third kappa shape index (κ3) is 2.79. The van der Waals surface area contributed by atoms with Gasteiger partial charge in [-0.15, -0.1) is 0 Å². The zero-order valence-electron chi connectivity index (χ0n) is 10.6. The molecule has 0 saturated carbocycles. The molecule has 0 atom stereocenters. The lowest BCUT2D eigenvalue weighted by atomic mass is 10.2. The third-order valence-corrected chi connectivity index (χ3v) is 3.48. The van der Waals surface area contributed by atoms with E-state index in [9.17, 15) is 0 Å². The van der Waals surface area contributed by atoms with Crippen molar-refractivity contribution >= 4 is 32.9 Å². The molecule has 0 aliphatic carbocycles. The number of benzene rings is 2. The Morgan fingerprint density at radius 2 is 2.11 bits per heavy atom. The Morgan fingerprint density at radius 3 is 2.95 bits per heavy atom. The summed E-state index contributed by atoms with van der Waals surface area (Å²) >= 11 is 3.47. The summed E-state index contributed by atoms with van der Waals surface area (Å²) in [5.74, 6) is 0.806. The third-order valence-electron chi connectivity index (χ3n) is 2.99.